The van der Waals surface area contributed by atoms with Crippen molar-refractivity contribution >= 4 is 11.6 Å². The summed E-state index contributed by atoms with van der Waals surface area (Å²) in [5.74, 6) is 1.48. The van der Waals surface area contributed by atoms with E-state index < -0.39 is 0 Å². The second-order valence-electron chi connectivity index (χ2n) is 4.75. The maximum absolute atomic E-state index is 6.01. The SMILES string of the molecule is COc1ccc(Cl)cc1CNC(C)C1CCOC1. The van der Waals surface area contributed by atoms with Crippen molar-refractivity contribution < 1.29 is 9.47 Å². The van der Waals surface area contributed by atoms with E-state index in [9.17, 15) is 0 Å². The van der Waals surface area contributed by atoms with Crippen molar-refractivity contribution in [3.63, 3.8) is 0 Å². The molecular formula is C14H20ClNO2. The van der Waals surface area contributed by atoms with Crippen LogP contribution in [-0.4, -0.2) is 26.4 Å². The topological polar surface area (TPSA) is 30.5 Å². The number of rotatable bonds is 5. The fourth-order valence-corrected chi connectivity index (χ4v) is 2.46. The van der Waals surface area contributed by atoms with Crippen LogP contribution in [0.5, 0.6) is 5.75 Å². The minimum atomic E-state index is 0.441. The maximum atomic E-state index is 6.01. The molecular weight excluding hydrogens is 250 g/mol. The van der Waals surface area contributed by atoms with E-state index in [1.165, 1.54) is 0 Å². The van der Waals surface area contributed by atoms with E-state index in [0.29, 0.717) is 12.0 Å². The molecule has 4 heteroatoms. The smallest absolute Gasteiger partial charge is 0.123 e. The minimum absolute atomic E-state index is 0.441. The van der Waals surface area contributed by atoms with E-state index in [0.717, 1.165) is 42.5 Å². The lowest BCUT2D eigenvalue weighted by atomic mass is 10.0. The Bertz CT molecular complexity index is 391. The van der Waals surface area contributed by atoms with Crippen molar-refractivity contribution in [2.24, 2.45) is 5.92 Å². The first kappa shape index (κ1) is 13.7. The zero-order valence-electron chi connectivity index (χ0n) is 10.9. The highest BCUT2D eigenvalue weighted by atomic mass is 35.5. The van der Waals surface area contributed by atoms with Gasteiger partial charge in [0.1, 0.15) is 5.75 Å². The average molecular weight is 270 g/mol. The van der Waals surface area contributed by atoms with Crippen molar-refractivity contribution in [2.75, 3.05) is 20.3 Å². The van der Waals surface area contributed by atoms with E-state index in [1.54, 1.807) is 7.11 Å². The third-order valence-corrected chi connectivity index (χ3v) is 3.76. The Morgan fingerprint density at radius 3 is 3.06 bits per heavy atom. The fourth-order valence-electron chi connectivity index (χ4n) is 2.27. The van der Waals surface area contributed by atoms with E-state index in [1.807, 2.05) is 18.2 Å². The molecule has 2 unspecified atom stereocenters. The minimum Gasteiger partial charge on any atom is -0.496 e. The van der Waals surface area contributed by atoms with Crippen LogP contribution in [0.2, 0.25) is 5.02 Å². The van der Waals surface area contributed by atoms with Crippen LogP contribution in [0, 0.1) is 5.92 Å². The van der Waals surface area contributed by atoms with E-state index in [4.69, 9.17) is 21.1 Å². The summed E-state index contributed by atoms with van der Waals surface area (Å²) in [5, 5.41) is 4.26. The van der Waals surface area contributed by atoms with Crippen LogP contribution >= 0.6 is 11.6 Å². The molecule has 0 spiro atoms. The summed E-state index contributed by atoms with van der Waals surface area (Å²) in [4.78, 5) is 0. The molecule has 0 aliphatic carbocycles. The van der Waals surface area contributed by atoms with Gasteiger partial charge in [0.25, 0.3) is 0 Å². The van der Waals surface area contributed by atoms with Crippen LogP contribution in [0.1, 0.15) is 18.9 Å². The summed E-state index contributed by atoms with van der Waals surface area (Å²) < 4.78 is 10.7. The maximum Gasteiger partial charge on any atom is 0.123 e. The lowest BCUT2D eigenvalue weighted by molar-refractivity contribution is 0.178. The first-order chi connectivity index (χ1) is 8.70. The van der Waals surface area contributed by atoms with Gasteiger partial charge in [-0.15, -0.1) is 0 Å². The molecule has 1 aromatic carbocycles. The van der Waals surface area contributed by atoms with Gasteiger partial charge in [0.2, 0.25) is 0 Å². The summed E-state index contributed by atoms with van der Waals surface area (Å²) in [5.41, 5.74) is 1.09. The molecule has 0 bridgehead atoms. The summed E-state index contributed by atoms with van der Waals surface area (Å²) in [7, 11) is 1.68. The van der Waals surface area contributed by atoms with Crippen molar-refractivity contribution in [1.29, 1.82) is 0 Å². The molecule has 1 aliphatic heterocycles. The first-order valence-corrected chi connectivity index (χ1v) is 6.72. The molecule has 2 atom stereocenters. The largest absolute Gasteiger partial charge is 0.496 e. The summed E-state index contributed by atoms with van der Waals surface area (Å²) in [6.07, 6.45) is 1.14. The van der Waals surface area contributed by atoms with Crippen LogP contribution in [0.3, 0.4) is 0 Å². The lowest BCUT2D eigenvalue weighted by Gasteiger charge is -2.20. The zero-order valence-corrected chi connectivity index (χ0v) is 11.7. The third kappa shape index (κ3) is 3.37. The number of nitrogens with one attached hydrogen (secondary N) is 1. The highest BCUT2D eigenvalue weighted by Crippen LogP contribution is 2.23. The number of hydrogen-bond acceptors (Lipinski definition) is 3. The van der Waals surface area contributed by atoms with E-state index in [-0.39, 0.29) is 0 Å². The van der Waals surface area contributed by atoms with Gasteiger partial charge in [-0.05, 0) is 37.5 Å². The molecule has 1 aliphatic rings. The van der Waals surface area contributed by atoms with Crippen LogP contribution in [0.25, 0.3) is 0 Å². The zero-order chi connectivity index (χ0) is 13.0. The molecule has 1 N–H and O–H groups in total. The second-order valence-corrected chi connectivity index (χ2v) is 5.19. The van der Waals surface area contributed by atoms with Gasteiger partial charge in [-0.2, -0.15) is 0 Å². The number of methoxy groups -OCH3 is 1. The van der Waals surface area contributed by atoms with Crippen molar-refractivity contribution in [1.82, 2.24) is 5.32 Å². The van der Waals surface area contributed by atoms with Gasteiger partial charge < -0.3 is 14.8 Å². The molecule has 3 nitrogen and oxygen atoms in total. The molecule has 0 radical (unpaired) electrons. The number of benzene rings is 1. The molecule has 1 aromatic rings. The van der Waals surface area contributed by atoms with E-state index >= 15 is 0 Å². The fraction of sp³-hybridized carbons (Fsp3) is 0.571. The molecule has 1 heterocycles. The molecule has 0 saturated carbocycles. The van der Waals surface area contributed by atoms with Crippen LogP contribution in [0.4, 0.5) is 0 Å². The Balaban J connectivity index is 1.94. The van der Waals surface area contributed by atoms with Gasteiger partial charge in [-0.3, -0.25) is 0 Å². The summed E-state index contributed by atoms with van der Waals surface area (Å²) in [6, 6.07) is 6.14. The molecule has 0 aromatic heterocycles. The molecule has 0 amide bonds. The normalized spacial score (nSPS) is 20.9. The number of ether oxygens (including phenoxy) is 2. The predicted molar refractivity (Wildman–Crippen MR) is 73.2 cm³/mol. The van der Waals surface area contributed by atoms with Gasteiger partial charge in [-0.1, -0.05) is 11.6 Å². The van der Waals surface area contributed by atoms with Crippen LogP contribution < -0.4 is 10.1 Å². The molecule has 2 rings (SSSR count). The standard InChI is InChI=1S/C14H20ClNO2/c1-10(11-5-6-18-9-11)16-8-12-7-13(15)3-4-14(12)17-2/h3-4,7,10-11,16H,5-6,8-9H2,1-2H3. The molecule has 100 valence electrons. The second kappa shape index (κ2) is 6.41. The quantitative estimate of drug-likeness (QED) is 0.892. The highest BCUT2D eigenvalue weighted by molar-refractivity contribution is 6.30. The van der Waals surface area contributed by atoms with E-state index in [2.05, 4.69) is 12.2 Å². The Morgan fingerprint density at radius 1 is 1.56 bits per heavy atom. The van der Waals surface area contributed by atoms with Gasteiger partial charge in [0, 0.05) is 29.8 Å². The van der Waals surface area contributed by atoms with Crippen molar-refractivity contribution in [3.8, 4) is 5.75 Å². The van der Waals surface area contributed by atoms with Crippen molar-refractivity contribution in [2.45, 2.75) is 25.9 Å². The van der Waals surface area contributed by atoms with Crippen LogP contribution in [0.15, 0.2) is 18.2 Å². The lowest BCUT2D eigenvalue weighted by Crippen LogP contribution is -2.33. The van der Waals surface area contributed by atoms with Gasteiger partial charge in [0.05, 0.1) is 13.7 Å². The number of halogens is 1. The predicted octanol–water partition coefficient (Wildman–Crippen LogP) is 2.86. The summed E-state index contributed by atoms with van der Waals surface area (Å²) in [6.45, 7) is 4.72. The van der Waals surface area contributed by atoms with Gasteiger partial charge in [0.15, 0.2) is 0 Å². The third-order valence-electron chi connectivity index (χ3n) is 3.53. The monoisotopic (exact) mass is 269 g/mol. The van der Waals surface area contributed by atoms with Crippen molar-refractivity contribution in [3.05, 3.63) is 28.8 Å². The van der Waals surface area contributed by atoms with Gasteiger partial charge in [-0.25, -0.2) is 0 Å². The summed E-state index contributed by atoms with van der Waals surface area (Å²) >= 11 is 6.01. The Morgan fingerprint density at radius 2 is 2.39 bits per heavy atom. The molecule has 1 saturated heterocycles. The first-order valence-electron chi connectivity index (χ1n) is 6.34. The Labute approximate surface area is 113 Å². The van der Waals surface area contributed by atoms with Crippen LogP contribution in [-0.2, 0) is 11.3 Å². The highest BCUT2D eigenvalue weighted by Gasteiger charge is 2.21. The van der Waals surface area contributed by atoms with Gasteiger partial charge >= 0.3 is 0 Å². The Hall–Kier alpha value is -0.770. The molecule has 18 heavy (non-hydrogen) atoms. The molecule has 1 fully saturated rings. The Kier molecular flexibility index (Phi) is 4.87. The average Bonchev–Trinajstić information content (AvgIpc) is 2.90. The number of hydrogen-bond donors (Lipinski definition) is 1.